The van der Waals surface area contributed by atoms with Gasteiger partial charge in [-0.25, -0.2) is 19.3 Å². The van der Waals surface area contributed by atoms with Crippen molar-refractivity contribution in [2.24, 2.45) is 0 Å². The Labute approximate surface area is 123 Å². The number of aromatic nitrogens is 6. The van der Waals surface area contributed by atoms with E-state index in [-0.39, 0.29) is 5.82 Å². The summed E-state index contributed by atoms with van der Waals surface area (Å²) in [4.78, 5) is 8.04. The highest BCUT2D eigenvalue weighted by Gasteiger charge is 2.31. The molecule has 0 spiro atoms. The van der Waals surface area contributed by atoms with E-state index in [9.17, 15) is 13.2 Å². The topological polar surface area (TPSA) is 61.4 Å². The fourth-order valence-electron chi connectivity index (χ4n) is 1.83. The summed E-state index contributed by atoms with van der Waals surface area (Å²) in [6, 6.07) is -0.467. The quantitative estimate of drug-likeness (QED) is 0.814. The van der Waals surface area contributed by atoms with Gasteiger partial charge in [-0.2, -0.15) is 35.1 Å². The molecule has 0 saturated carbocycles. The van der Waals surface area contributed by atoms with E-state index in [1.807, 2.05) is 6.26 Å². The molecule has 2 aromatic heterocycles. The minimum atomic E-state index is -4.35. The lowest BCUT2D eigenvalue weighted by molar-refractivity contribution is -0.143. The third kappa shape index (κ3) is 4.19. The molecular formula is C11H15F3N6S. The van der Waals surface area contributed by atoms with Crippen molar-refractivity contribution in [1.82, 2.24) is 29.5 Å². The first-order valence-electron chi connectivity index (χ1n) is 6.24. The summed E-state index contributed by atoms with van der Waals surface area (Å²) in [5.41, 5.74) is 0. The molecule has 0 amide bonds. The standard InChI is InChI=1S/C11H15F3N6S/c1-8(20-7-15-6-16-20)10-17-9(3-4-21-2)18-19(10)5-11(12,13)14/h6-8H,3-5H2,1-2H3. The Balaban J connectivity index is 2.30. The average Bonchev–Trinajstić information content (AvgIpc) is 3.03. The van der Waals surface area contributed by atoms with Gasteiger partial charge in [-0.15, -0.1) is 0 Å². The maximum atomic E-state index is 12.7. The van der Waals surface area contributed by atoms with Gasteiger partial charge in [-0.1, -0.05) is 0 Å². The van der Waals surface area contributed by atoms with Gasteiger partial charge in [0.15, 0.2) is 11.6 Å². The van der Waals surface area contributed by atoms with Crippen molar-refractivity contribution in [3.05, 3.63) is 24.3 Å². The SMILES string of the molecule is CSCCc1nc(C(C)n2cncn2)n(CC(F)(F)F)n1. The third-order valence-corrected chi connectivity index (χ3v) is 3.42. The summed E-state index contributed by atoms with van der Waals surface area (Å²) in [5.74, 6) is 1.40. The van der Waals surface area contributed by atoms with E-state index in [2.05, 4.69) is 20.2 Å². The summed E-state index contributed by atoms with van der Waals surface area (Å²) >= 11 is 1.59. The lowest BCUT2D eigenvalue weighted by atomic mass is 10.3. The first kappa shape index (κ1) is 15.8. The summed E-state index contributed by atoms with van der Waals surface area (Å²) < 4.78 is 40.3. The molecule has 0 N–H and O–H groups in total. The third-order valence-electron chi connectivity index (χ3n) is 2.81. The van der Waals surface area contributed by atoms with Crippen LogP contribution in [-0.2, 0) is 13.0 Å². The largest absolute Gasteiger partial charge is 0.408 e. The van der Waals surface area contributed by atoms with Crippen molar-refractivity contribution >= 4 is 11.8 Å². The molecule has 1 unspecified atom stereocenters. The number of aryl methyl sites for hydroxylation is 1. The van der Waals surface area contributed by atoms with Crippen LogP contribution in [0.15, 0.2) is 12.7 Å². The molecular weight excluding hydrogens is 305 g/mol. The van der Waals surface area contributed by atoms with Crippen LogP contribution in [0.4, 0.5) is 13.2 Å². The van der Waals surface area contributed by atoms with Crippen molar-refractivity contribution in [2.75, 3.05) is 12.0 Å². The summed E-state index contributed by atoms with van der Waals surface area (Å²) in [6.07, 6.45) is 0.879. The zero-order chi connectivity index (χ0) is 15.5. The van der Waals surface area contributed by atoms with Gasteiger partial charge < -0.3 is 0 Å². The highest BCUT2D eigenvalue weighted by molar-refractivity contribution is 7.98. The maximum absolute atomic E-state index is 12.7. The van der Waals surface area contributed by atoms with Crippen LogP contribution >= 0.6 is 11.8 Å². The molecule has 0 fully saturated rings. The van der Waals surface area contributed by atoms with E-state index in [4.69, 9.17) is 0 Å². The van der Waals surface area contributed by atoms with Crippen molar-refractivity contribution in [3.63, 3.8) is 0 Å². The molecule has 0 saturated heterocycles. The molecule has 10 heteroatoms. The van der Waals surface area contributed by atoms with Gasteiger partial charge in [0, 0.05) is 12.2 Å². The Bertz CT molecular complexity index is 565. The number of nitrogens with zero attached hydrogens (tertiary/aromatic N) is 6. The lowest BCUT2D eigenvalue weighted by Crippen LogP contribution is -2.23. The second-order valence-corrected chi connectivity index (χ2v) is 5.44. The minimum Gasteiger partial charge on any atom is -0.243 e. The van der Waals surface area contributed by atoms with Crippen LogP contribution in [0.3, 0.4) is 0 Å². The summed E-state index contributed by atoms with van der Waals surface area (Å²) in [5, 5.41) is 7.92. The number of hydrogen-bond acceptors (Lipinski definition) is 5. The minimum absolute atomic E-state index is 0.230. The van der Waals surface area contributed by atoms with E-state index in [0.717, 1.165) is 10.4 Å². The van der Waals surface area contributed by atoms with E-state index < -0.39 is 18.8 Å². The molecule has 0 aliphatic heterocycles. The molecule has 2 rings (SSSR count). The van der Waals surface area contributed by atoms with Gasteiger partial charge in [0.2, 0.25) is 0 Å². The number of halogens is 3. The maximum Gasteiger partial charge on any atom is 0.408 e. The molecule has 2 aromatic rings. The Morgan fingerprint density at radius 3 is 2.71 bits per heavy atom. The zero-order valence-corrected chi connectivity index (χ0v) is 12.4. The van der Waals surface area contributed by atoms with Crippen molar-refractivity contribution < 1.29 is 13.2 Å². The van der Waals surface area contributed by atoms with E-state index in [1.165, 1.54) is 17.3 Å². The zero-order valence-electron chi connectivity index (χ0n) is 11.6. The van der Waals surface area contributed by atoms with Gasteiger partial charge in [-0.05, 0) is 13.2 Å². The number of hydrogen-bond donors (Lipinski definition) is 0. The molecule has 0 aliphatic rings. The van der Waals surface area contributed by atoms with Crippen molar-refractivity contribution in [1.29, 1.82) is 0 Å². The molecule has 0 radical (unpaired) electrons. The van der Waals surface area contributed by atoms with Crippen molar-refractivity contribution in [3.8, 4) is 0 Å². The fraction of sp³-hybridized carbons (Fsp3) is 0.636. The van der Waals surface area contributed by atoms with Crippen LogP contribution in [0.5, 0.6) is 0 Å². The smallest absolute Gasteiger partial charge is 0.243 e. The van der Waals surface area contributed by atoms with Gasteiger partial charge in [0.25, 0.3) is 0 Å². The van der Waals surface area contributed by atoms with Gasteiger partial charge in [0.05, 0.1) is 0 Å². The predicted octanol–water partition coefficient (Wildman–Crippen LogP) is 1.95. The van der Waals surface area contributed by atoms with Crippen molar-refractivity contribution in [2.45, 2.75) is 32.1 Å². The number of alkyl halides is 3. The highest BCUT2D eigenvalue weighted by atomic mass is 32.2. The first-order chi connectivity index (χ1) is 9.90. The highest BCUT2D eigenvalue weighted by Crippen LogP contribution is 2.21. The molecule has 6 nitrogen and oxygen atoms in total. The average molecular weight is 320 g/mol. The molecule has 116 valence electrons. The van der Waals surface area contributed by atoms with Crippen LogP contribution in [0.25, 0.3) is 0 Å². The van der Waals surface area contributed by atoms with Gasteiger partial charge in [0.1, 0.15) is 25.2 Å². The number of rotatable bonds is 6. The predicted molar refractivity (Wildman–Crippen MR) is 72.0 cm³/mol. The molecule has 1 atom stereocenters. The molecule has 0 aromatic carbocycles. The summed E-state index contributed by atoms with van der Waals surface area (Å²) in [7, 11) is 0. The van der Waals surface area contributed by atoms with E-state index >= 15 is 0 Å². The Kier molecular flexibility index (Phi) is 4.86. The van der Waals surface area contributed by atoms with Crippen LogP contribution < -0.4 is 0 Å². The Morgan fingerprint density at radius 2 is 2.14 bits per heavy atom. The Morgan fingerprint density at radius 1 is 1.38 bits per heavy atom. The van der Waals surface area contributed by atoms with Crippen LogP contribution in [0.2, 0.25) is 0 Å². The number of thioether (sulfide) groups is 1. The molecule has 2 heterocycles. The molecule has 0 bridgehead atoms. The second-order valence-electron chi connectivity index (χ2n) is 4.45. The Hall–Kier alpha value is -1.58. The first-order valence-corrected chi connectivity index (χ1v) is 7.63. The normalized spacial score (nSPS) is 13.6. The second kappa shape index (κ2) is 6.46. The monoisotopic (exact) mass is 320 g/mol. The van der Waals surface area contributed by atoms with E-state index in [0.29, 0.717) is 12.2 Å². The van der Waals surface area contributed by atoms with Crippen LogP contribution in [0, 0.1) is 0 Å². The lowest BCUT2D eigenvalue weighted by Gasteiger charge is -2.13. The summed E-state index contributed by atoms with van der Waals surface area (Å²) in [6.45, 7) is 0.553. The van der Waals surface area contributed by atoms with Gasteiger partial charge >= 0.3 is 6.18 Å². The van der Waals surface area contributed by atoms with E-state index in [1.54, 1.807) is 18.7 Å². The van der Waals surface area contributed by atoms with Crippen LogP contribution in [0.1, 0.15) is 24.6 Å². The van der Waals surface area contributed by atoms with Gasteiger partial charge in [-0.3, -0.25) is 0 Å². The molecule has 21 heavy (non-hydrogen) atoms. The molecule has 0 aliphatic carbocycles. The van der Waals surface area contributed by atoms with Crippen LogP contribution in [-0.4, -0.2) is 47.7 Å². The fourth-order valence-corrected chi connectivity index (χ4v) is 2.22.